The third kappa shape index (κ3) is 2.68. The minimum Gasteiger partial charge on any atom is -0.436 e. The van der Waals surface area contributed by atoms with Crippen molar-refractivity contribution < 1.29 is 31.1 Å². The molecule has 2 rings (SSSR count). The molecule has 0 saturated heterocycles. The van der Waals surface area contributed by atoms with Gasteiger partial charge in [0.25, 0.3) is 0 Å². The number of ether oxygens (including phenoxy) is 1. The Morgan fingerprint density at radius 1 is 1.00 bits per heavy atom. The van der Waals surface area contributed by atoms with Gasteiger partial charge in [0, 0.05) is 18.3 Å². The predicted molar refractivity (Wildman–Crippen MR) is 55.6 cm³/mol. The molecular formula is C12H5F6NO. The van der Waals surface area contributed by atoms with Gasteiger partial charge in [-0.25, -0.2) is 13.8 Å². The van der Waals surface area contributed by atoms with E-state index in [0.29, 0.717) is 0 Å². The van der Waals surface area contributed by atoms with Gasteiger partial charge in [-0.1, -0.05) is 6.07 Å². The number of hydrogen-bond donors (Lipinski definition) is 0. The molecule has 2 nitrogen and oxygen atoms in total. The molecule has 106 valence electrons. The Morgan fingerprint density at radius 3 is 2.25 bits per heavy atom. The first kappa shape index (κ1) is 14.2. The fourth-order valence-electron chi connectivity index (χ4n) is 1.43. The first-order valence-electron chi connectivity index (χ1n) is 5.14. The monoisotopic (exact) mass is 293 g/mol. The first-order chi connectivity index (χ1) is 9.30. The van der Waals surface area contributed by atoms with E-state index in [0.717, 1.165) is 0 Å². The largest absolute Gasteiger partial charge is 0.436 e. The fraction of sp³-hybridized carbons (Fsp3) is 0.0833. The van der Waals surface area contributed by atoms with E-state index in [4.69, 9.17) is 4.74 Å². The Balaban J connectivity index is 2.48. The van der Waals surface area contributed by atoms with E-state index in [2.05, 4.69) is 4.98 Å². The van der Waals surface area contributed by atoms with Crippen LogP contribution in [0.15, 0.2) is 30.5 Å². The molecule has 0 aliphatic carbocycles. The van der Waals surface area contributed by atoms with Crippen LogP contribution in [0.25, 0.3) is 0 Å². The standard InChI is InChI=1S/C12H5F6NO/c13-6-5-7(20-8-3-1-2-4-19-8)10(14)11(15)9(6)12(16,17)18/h1-5H. The second-order valence-corrected chi connectivity index (χ2v) is 3.63. The summed E-state index contributed by atoms with van der Waals surface area (Å²) in [6.45, 7) is 0. The van der Waals surface area contributed by atoms with Crippen LogP contribution in [-0.2, 0) is 6.18 Å². The van der Waals surface area contributed by atoms with Gasteiger partial charge in [-0.05, 0) is 6.07 Å². The second kappa shape index (κ2) is 5.03. The van der Waals surface area contributed by atoms with Crippen molar-refractivity contribution in [3.63, 3.8) is 0 Å². The van der Waals surface area contributed by atoms with Crippen LogP contribution in [-0.4, -0.2) is 4.98 Å². The molecule has 0 atom stereocenters. The summed E-state index contributed by atoms with van der Waals surface area (Å²) >= 11 is 0. The van der Waals surface area contributed by atoms with Crippen molar-refractivity contribution in [1.29, 1.82) is 0 Å². The molecule has 20 heavy (non-hydrogen) atoms. The van der Waals surface area contributed by atoms with Gasteiger partial charge in [0.2, 0.25) is 11.7 Å². The fourth-order valence-corrected chi connectivity index (χ4v) is 1.43. The molecule has 0 aliphatic rings. The van der Waals surface area contributed by atoms with Crippen LogP contribution < -0.4 is 4.74 Å². The minimum absolute atomic E-state index is 0.121. The smallest absolute Gasteiger partial charge is 0.422 e. The summed E-state index contributed by atoms with van der Waals surface area (Å²) in [7, 11) is 0. The number of nitrogens with zero attached hydrogens (tertiary/aromatic N) is 1. The highest BCUT2D eigenvalue weighted by Gasteiger charge is 2.40. The molecule has 1 aromatic carbocycles. The average molecular weight is 293 g/mol. The number of benzene rings is 1. The van der Waals surface area contributed by atoms with E-state index < -0.39 is 34.9 Å². The molecule has 0 amide bonds. The van der Waals surface area contributed by atoms with Gasteiger partial charge in [-0.2, -0.15) is 17.6 Å². The second-order valence-electron chi connectivity index (χ2n) is 3.63. The highest BCUT2D eigenvalue weighted by atomic mass is 19.4. The molecule has 0 unspecified atom stereocenters. The van der Waals surface area contributed by atoms with Crippen LogP contribution in [0, 0.1) is 17.5 Å². The Hall–Kier alpha value is -2.25. The van der Waals surface area contributed by atoms with Crippen LogP contribution >= 0.6 is 0 Å². The van der Waals surface area contributed by atoms with Gasteiger partial charge < -0.3 is 4.74 Å². The van der Waals surface area contributed by atoms with Gasteiger partial charge in [0.15, 0.2) is 11.6 Å². The van der Waals surface area contributed by atoms with Crippen LogP contribution in [0.1, 0.15) is 5.56 Å². The molecule has 0 saturated carbocycles. The zero-order valence-corrected chi connectivity index (χ0v) is 9.51. The number of halogens is 6. The molecule has 0 fully saturated rings. The summed E-state index contributed by atoms with van der Waals surface area (Å²) in [4.78, 5) is 3.59. The third-order valence-corrected chi connectivity index (χ3v) is 2.26. The van der Waals surface area contributed by atoms with E-state index in [1.165, 1.54) is 24.4 Å². The topological polar surface area (TPSA) is 22.1 Å². The van der Waals surface area contributed by atoms with Gasteiger partial charge in [-0.15, -0.1) is 0 Å². The minimum atomic E-state index is -5.35. The number of rotatable bonds is 2. The first-order valence-corrected chi connectivity index (χ1v) is 5.14. The summed E-state index contributed by atoms with van der Waals surface area (Å²) in [5, 5.41) is 0. The maximum Gasteiger partial charge on any atom is 0.422 e. The van der Waals surface area contributed by atoms with Gasteiger partial charge >= 0.3 is 6.18 Å². The quantitative estimate of drug-likeness (QED) is 0.608. The van der Waals surface area contributed by atoms with Crippen molar-refractivity contribution >= 4 is 0 Å². The highest BCUT2D eigenvalue weighted by molar-refractivity contribution is 5.36. The van der Waals surface area contributed by atoms with Gasteiger partial charge in [0.1, 0.15) is 11.4 Å². The Morgan fingerprint density at radius 2 is 1.70 bits per heavy atom. The van der Waals surface area contributed by atoms with Crippen molar-refractivity contribution in [2.75, 3.05) is 0 Å². The van der Waals surface area contributed by atoms with Crippen molar-refractivity contribution in [3.05, 3.63) is 53.5 Å². The number of hydrogen-bond acceptors (Lipinski definition) is 2. The highest BCUT2D eigenvalue weighted by Crippen LogP contribution is 2.38. The summed E-state index contributed by atoms with van der Waals surface area (Å²) in [6.07, 6.45) is -4.09. The van der Waals surface area contributed by atoms with Crippen molar-refractivity contribution in [2.24, 2.45) is 0 Å². The van der Waals surface area contributed by atoms with Crippen LogP contribution in [0.2, 0.25) is 0 Å². The molecule has 0 spiro atoms. The molecule has 1 aromatic heterocycles. The number of alkyl halides is 3. The lowest BCUT2D eigenvalue weighted by Gasteiger charge is -2.12. The molecule has 0 radical (unpaired) electrons. The van der Waals surface area contributed by atoms with Crippen LogP contribution in [0.4, 0.5) is 26.3 Å². The Bertz CT molecular complexity index is 626. The molecule has 0 aliphatic heterocycles. The SMILES string of the molecule is Fc1cc(Oc2ccccn2)c(F)c(F)c1C(F)(F)F. The summed E-state index contributed by atoms with van der Waals surface area (Å²) in [5.74, 6) is -7.51. The summed E-state index contributed by atoms with van der Waals surface area (Å²) in [5.41, 5.74) is -2.30. The van der Waals surface area contributed by atoms with Crippen molar-refractivity contribution in [2.45, 2.75) is 6.18 Å². The summed E-state index contributed by atoms with van der Waals surface area (Å²) < 4.78 is 81.8. The molecule has 2 aromatic rings. The van der Waals surface area contributed by atoms with E-state index >= 15 is 0 Å². The van der Waals surface area contributed by atoms with E-state index in [9.17, 15) is 26.3 Å². The zero-order chi connectivity index (χ0) is 14.9. The van der Waals surface area contributed by atoms with E-state index in [1.54, 1.807) is 0 Å². The average Bonchev–Trinajstić information content (AvgIpc) is 2.35. The Kier molecular flexibility index (Phi) is 3.56. The maximum atomic E-state index is 13.5. The number of aromatic nitrogens is 1. The molecule has 0 bridgehead atoms. The normalized spacial score (nSPS) is 11.5. The molecule has 0 N–H and O–H groups in total. The maximum absolute atomic E-state index is 13.5. The lowest BCUT2D eigenvalue weighted by molar-refractivity contribution is -0.142. The summed E-state index contributed by atoms with van der Waals surface area (Å²) in [6, 6.07) is 4.30. The lowest BCUT2D eigenvalue weighted by Crippen LogP contribution is -2.13. The molecular weight excluding hydrogens is 288 g/mol. The lowest BCUT2D eigenvalue weighted by atomic mass is 10.1. The molecule has 8 heteroatoms. The van der Waals surface area contributed by atoms with Gasteiger partial charge in [-0.3, -0.25) is 0 Å². The van der Waals surface area contributed by atoms with Crippen molar-refractivity contribution in [1.82, 2.24) is 4.98 Å². The van der Waals surface area contributed by atoms with E-state index in [1.807, 2.05) is 0 Å². The Labute approximate surface area is 108 Å². The van der Waals surface area contributed by atoms with Crippen molar-refractivity contribution in [3.8, 4) is 11.6 Å². The van der Waals surface area contributed by atoms with Crippen LogP contribution in [0.3, 0.4) is 0 Å². The number of pyridine rings is 1. The third-order valence-electron chi connectivity index (χ3n) is 2.26. The zero-order valence-electron chi connectivity index (χ0n) is 9.51. The van der Waals surface area contributed by atoms with E-state index in [-0.39, 0.29) is 11.9 Å². The van der Waals surface area contributed by atoms with Gasteiger partial charge in [0.05, 0.1) is 0 Å². The van der Waals surface area contributed by atoms with Crippen LogP contribution in [0.5, 0.6) is 11.6 Å². The molecule has 1 heterocycles. The predicted octanol–water partition coefficient (Wildman–Crippen LogP) is 4.31.